The molecular weight excluding hydrogens is 346 g/mol. The third kappa shape index (κ3) is 4.30. The summed E-state index contributed by atoms with van der Waals surface area (Å²) in [6.45, 7) is 2.40. The van der Waals surface area contributed by atoms with Gasteiger partial charge in [-0.25, -0.2) is 13.6 Å². The summed E-state index contributed by atoms with van der Waals surface area (Å²) >= 11 is 0. The van der Waals surface area contributed by atoms with Crippen molar-refractivity contribution in [1.82, 2.24) is 24.5 Å². The Labute approximate surface area is 149 Å². The molecule has 0 bridgehead atoms. The molecule has 0 spiro atoms. The zero-order valence-corrected chi connectivity index (χ0v) is 14.7. The zero-order chi connectivity index (χ0) is 18.7. The summed E-state index contributed by atoms with van der Waals surface area (Å²) in [6, 6.07) is -0.0222. The van der Waals surface area contributed by atoms with Gasteiger partial charge in [0, 0.05) is 26.3 Å². The molecule has 0 aromatic carbocycles. The van der Waals surface area contributed by atoms with Gasteiger partial charge in [-0.05, 0) is 25.3 Å². The van der Waals surface area contributed by atoms with Crippen LogP contribution < -0.4 is 10.1 Å². The Morgan fingerprint density at radius 1 is 1.38 bits per heavy atom. The second-order valence-electron chi connectivity index (χ2n) is 6.37. The minimum atomic E-state index is -2.61. The minimum absolute atomic E-state index is 0.0111. The predicted molar refractivity (Wildman–Crippen MR) is 90.5 cm³/mol. The lowest BCUT2D eigenvalue weighted by atomic mass is 10.1. The lowest BCUT2D eigenvalue weighted by Gasteiger charge is -2.32. The Kier molecular flexibility index (Phi) is 5.38. The predicted octanol–water partition coefficient (Wildman–Crippen LogP) is 2.44. The van der Waals surface area contributed by atoms with E-state index in [0.29, 0.717) is 13.1 Å². The summed E-state index contributed by atoms with van der Waals surface area (Å²) in [5, 5.41) is 11.0. The number of carbonyl (C=O) groups is 1. The van der Waals surface area contributed by atoms with Crippen LogP contribution in [0.3, 0.4) is 0 Å². The van der Waals surface area contributed by atoms with E-state index in [1.165, 1.54) is 10.9 Å². The number of likely N-dealkylation sites (tertiary alicyclic amines) is 1. The molecule has 2 aromatic heterocycles. The van der Waals surface area contributed by atoms with Crippen molar-refractivity contribution >= 4 is 11.7 Å². The van der Waals surface area contributed by atoms with Crippen LogP contribution in [0.1, 0.15) is 24.4 Å². The molecule has 0 atom stereocenters. The van der Waals surface area contributed by atoms with Gasteiger partial charge in [0.1, 0.15) is 5.69 Å². The molecule has 0 aliphatic carbocycles. The summed E-state index contributed by atoms with van der Waals surface area (Å²) < 4.78 is 33.0. The third-order valence-corrected chi connectivity index (χ3v) is 4.24. The van der Waals surface area contributed by atoms with Gasteiger partial charge in [-0.3, -0.25) is 9.36 Å². The average Bonchev–Trinajstić information content (AvgIpc) is 3.18. The highest BCUT2D eigenvalue weighted by Gasteiger charge is 2.25. The van der Waals surface area contributed by atoms with E-state index < -0.39 is 13.0 Å². The number of anilines is 1. The molecule has 1 aliphatic heterocycles. The number of hydrogen-bond acceptors (Lipinski definition) is 4. The van der Waals surface area contributed by atoms with Crippen molar-refractivity contribution in [3.63, 3.8) is 0 Å². The van der Waals surface area contributed by atoms with Crippen LogP contribution in [0.25, 0.3) is 0 Å². The Balaban J connectivity index is 1.56. The molecule has 0 radical (unpaired) electrons. The van der Waals surface area contributed by atoms with E-state index in [1.54, 1.807) is 11.9 Å². The van der Waals surface area contributed by atoms with E-state index in [1.807, 2.05) is 24.0 Å². The van der Waals surface area contributed by atoms with E-state index in [4.69, 9.17) is 4.74 Å². The summed E-state index contributed by atoms with van der Waals surface area (Å²) in [7, 11) is 1.63. The van der Waals surface area contributed by atoms with Crippen molar-refractivity contribution in [2.24, 2.45) is 7.05 Å². The fourth-order valence-electron chi connectivity index (χ4n) is 2.96. The fraction of sp³-hybridized carbons (Fsp3) is 0.562. The maximum atomic E-state index is 12.5. The van der Waals surface area contributed by atoms with Crippen molar-refractivity contribution in [3.8, 4) is 5.88 Å². The summed E-state index contributed by atoms with van der Waals surface area (Å²) in [5.41, 5.74) is 1.39. The second-order valence-corrected chi connectivity index (χ2v) is 6.37. The molecule has 8 nitrogen and oxygen atoms in total. The Morgan fingerprint density at radius 2 is 2.12 bits per heavy atom. The van der Waals surface area contributed by atoms with Crippen LogP contribution >= 0.6 is 0 Å². The molecule has 1 saturated heterocycles. The van der Waals surface area contributed by atoms with Gasteiger partial charge in [0.05, 0.1) is 18.4 Å². The number of alkyl halides is 2. The largest absolute Gasteiger partial charge is 0.469 e. The maximum Gasteiger partial charge on any atom is 0.322 e. The molecule has 3 heterocycles. The summed E-state index contributed by atoms with van der Waals surface area (Å²) in [6.07, 6.45) is 4.35. The van der Waals surface area contributed by atoms with Crippen LogP contribution in [-0.4, -0.2) is 56.6 Å². The first-order valence-electron chi connectivity index (χ1n) is 8.43. The smallest absolute Gasteiger partial charge is 0.322 e. The van der Waals surface area contributed by atoms with Crippen LogP contribution in [0.2, 0.25) is 0 Å². The maximum absolute atomic E-state index is 12.5. The molecule has 1 fully saturated rings. The highest BCUT2D eigenvalue weighted by molar-refractivity contribution is 5.90. The molecule has 2 aromatic rings. The number of halogens is 2. The molecule has 0 unspecified atom stereocenters. The van der Waals surface area contributed by atoms with Crippen LogP contribution in [0.15, 0.2) is 18.6 Å². The number of aromatic nitrogens is 4. The van der Waals surface area contributed by atoms with Crippen LogP contribution in [0, 0.1) is 6.92 Å². The van der Waals surface area contributed by atoms with Gasteiger partial charge in [0.15, 0.2) is 6.61 Å². The number of carbonyl (C=O) groups excluding carboxylic acids is 1. The van der Waals surface area contributed by atoms with Gasteiger partial charge in [-0.2, -0.15) is 5.10 Å². The van der Waals surface area contributed by atoms with Crippen molar-refractivity contribution < 1.29 is 18.3 Å². The van der Waals surface area contributed by atoms with E-state index in [-0.39, 0.29) is 23.6 Å². The highest BCUT2D eigenvalue weighted by Crippen LogP contribution is 2.25. The van der Waals surface area contributed by atoms with Crippen molar-refractivity contribution in [1.29, 1.82) is 0 Å². The quantitative estimate of drug-likeness (QED) is 0.879. The molecular formula is C16H22F2N6O2. The number of hydrogen-bond donors (Lipinski definition) is 1. The van der Waals surface area contributed by atoms with Crippen molar-refractivity contribution in [2.75, 3.05) is 25.0 Å². The molecule has 10 heteroatoms. The van der Waals surface area contributed by atoms with Gasteiger partial charge in [0.25, 0.3) is 12.3 Å². The fourth-order valence-corrected chi connectivity index (χ4v) is 2.96. The van der Waals surface area contributed by atoms with E-state index in [9.17, 15) is 13.6 Å². The number of rotatable bonds is 5. The van der Waals surface area contributed by atoms with E-state index >= 15 is 0 Å². The molecule has 3 rings (SSSR count). The van der Waals surface area contributed by atoms with E-state index in [2.05, 4.69) is 15.5 Å². The van der Waals surface area contributed by atoms with Gasteiger partial charge >= 0.3 is 6.03 Å². The standard InChI is InChI=1S/C16H22F2N6O2/c1-11-7-19-24(8-11)12-3-5-23(6-4-12)16(25)20-13-9-22(2)21-15(13)26-10-14(17)18/h7-9,12,14H,3-6,10H2,1-2H3,(H,20,25). The number of aryl methyl sites for hydroxylation is 2. The van der Waals surface area contributed by atoms with Gasteiger partial charge < -0.3 is 15.0 Å². The van der Waals surface area contributed by atoms with Crippen LogP contribution in [-0.2, 0) is 7.05 Å². The second kappa shape index (κ2) is 7.71. The van der Waals surface area contributed by atoms with Gasteiger partial charge in [-0.15, -0.1) is 5.10 Å². The lowest BCUT2D eigenvalue weighted by molar-refractivity contribution is 0.0796. The first-order chi connectivity index (χ1) is 12.4. The number of ether oxygens (including phenoxy) is 1. The first-order valence-corrected chi connectivity index (χ1v) is 8.43. The lowest BCUT2D eigenvalue weighted by Crippen LogP contribution is -2.41. The summed E-state index contributed by atoms with van der Waals surface area (Å²) in [4.78, 5) is 14.2. The molecule has 26 heavy (non-hydrogen) atoms. The third-order valence-electron chi connectivity index (χ3n) is 4.24. The summed E-state index contributed by atoms with van der Waals surface area (Å²) in [5.74, 6) is -0.0111. The normalized spacial score (nSPS) is 15.5. The molecule has 0 saturated carbocycles. The van der Waals surface area contributed by atoms with Gasteiger partial charge in [-0.1, -0.05) is 0 Å². The Hall–Kier alpha value is -2.65. The number of urea groups is 1. The van der Waals surface area contributed by atoms with E-state index in [0.717, 1.165) is 18.4 Å². The minimum Gasteiger partial charge on any atom is -0.469 e. The monoisotopic (exact) mass is 368 g/mol. The highest BCUT2D eigenvalue weighted by atomic mass is 19.3. The SMILES string of the molecule is Cc1cnn(C2CCN(C(=O)Nc3cn(C)nc3OCC(F)F)CC2)c1. The van der Waals surface area contributed by atoms with Crippen LogP contribution in [0.4, 0.5) is 19.3 Å². The number of nitrogens with one attached hydrogen (secondary N) is 1. The number of nitrogens with zero attached hydrogens (tertiary/aromatic N) is 5. The molecule has 1 aliphatic rings. The van der Waals surface area contributed by atoms with Crippen LogP contribution in [0.5, 0.6) is 5.88 Å². The first kappa shape index (κ1) is 18.2. The zero-order valence-electron chi connectivity index (χ0n) is 14.7. The molecule has 2 amide bonds. The number of amides is 2. The molecule has 1 N–H and O–H groups in total. The van der Waals surface area contributed by atoms with Crippen molar-refractivity contribution in [2.45, 2.75) is 32.2 Å². The Bertz CT molecular complexity index is 752. The number of piperidine rings is 1. The van der Waals surface area contributed by atoms with Crippen molar-refractivity contribution in [3.05, 3.63) is 24.2 Å². The topological polar surface area (TPSA) is 77.2 Å². The average molecular weight is 368 g/mol. The Morgan fingerprint density at radius 3 is 2.73 bits per heavy atom. The molecule has 142 valence electrons. The van der Waals surface area contributed by atoms with Gasteiger partial charge in [0.2, 0.25) is 0 Å².